The van der Waals surface area contributed by atoms with Crippen molar-refractivity contribution in [3.63, 3.8) is 0 Å². The van der Waals surface area contributed by atoms with Crippen LogP contribution >= 0.6 is 0 Å². The molecular formula is C18H24O8. The number of benzene rings is 1. The average Bonchev–Trinajstić information content (AvgIpc) is 2.62. The van der Waals surface area contributed by atoms with Crippen molar-refractivity contribution in [2.75, 3.05) is 34.0 Å². The van der Waals surface area contributed by atoms with Crippen molar-refractivity contribution >= 4 is 17.9 Å². The second kappa shape index (κ2) is 9.65. The summed E-state index contributed by atoms with van der Waals surface area (Å²) >= 11 is 0. The molecule has 0 aliphatic rings. The second-order valence-electron chi connectivity index (χ2n) is 4.98. The fourth-order valence-electron chi connectivity index (χ4n) is 2.39. The molecule has 1 aromatic carbocycles. The van der Waals surface area contributed by atoms with Crippen LogP contribution in [0.2, 0.25) is 0 Å². The first-order valence-corrected chi connectivity index (χ1v) is 8.17. The van der Waals surface area contributed by atoms with Crippen LogP contribution < -0.4 is 9.47 Å². The van der Waals surface area contributed by atoms with Gasteiger partial charge in [-0.25, -0.2) is 14.4 Å². The fourth-order valence-corrected chi connectivity index (χ4v) is 2.39. The molecule has 0 aliphatic carbocycles. The Balaban J connectivity index is 3.72. The van der Waals surface area contributed by atoms with E-state index < -0.39 is 23.3 Å². The van der Waals surface area contributed by atoms with Crippen LogP contribution in [0.4, 0.5) is 0 Å². The van der Waals surface area contributed by atoms with Gasteiger partial charge in [-0.05, 0) is 38.5 Å². The minimum atomic E-state index is -2.42. The number of hydrogen-bond acceptors (Lipinski definition) is 8. The van der Waals surface area contributed by atoms with Gasteiger partial charge in [-0.3, -0.25) is 0 Å². The first-order valence-electron chi connectivity index (χ1n) is 8.17. The number of esters is 3. The molecule has 0 unspecified atom stereocenters. The lowest BCUT2D eigenvalue weighted by Gasteiger charge is -2.27. The second-order valence-corrected chi connectivity index (χ2v) is 4.98. The van der Waals surface area contributed by atoms with Crippen molar-refractivity contribution < 1.29 is 38.1 Å². The third kappa shape index (κ3) is 3.89. The maximum absolute atomic E-state index is 12.8. The van der Waals surface area contributed by atoms with Gasteiger partial charge in [0.25, 0.3) is 5.41 Å². The van der Waals surface area contributed by atoms with Crippen LogP contribution in [0.3, 0.4) is 0 Å². The molecule has 0 saturated heterocycles. The predicted molar refractivity (Wildman–Crippen MR) is 91.1 cm³/mol. The summed E-state index contributed by atoms with van der Waals surface area (Å²) < 4.78 is 25.4. The molecule has 8 nitrogen and oxygen atoms in total. The lowest BCUT2D eigenvalue weighted by Crippen LogP contribution is -2.53. The van der Waals surface area contributed by atoms with Crippen LogP contribution in [0.1, 0.15) is 26.3 Å². The Kier molecular flexibility index (Phi) is 7.89. The van der Waals surface area contributed by atoms with Crippen molar-refractivity contribution in [3.8, 4) is 11.5 Å². The lowest BCUT2D eigenvalue weighted by molar-refractivity contribution is -0.175. The molecule has 0 bridgehead atoms. The van der Waals surface area contributed by atoms with Crippen LogP contribution in [0, 0.1) is 0 Å². The molecule has 0 N–H and O–H groups in total. The summed E-state index contributed by atoms with van der Waals surface area (Å²) in [5.74, 6) is -2.65. The molecule has 0 radical (unpaired) electrons. The Morgan fingerprint density at radius 2 is 1.19 bits per heavy atom. The number of carbonyl (C=O) groups is 3. The van der Waals surface area contributed by atoms with Crippen LogP contribution in [0.25, 0.3) is 0 Å². The van der Waals surface area contributed by atoms with Gasteiger partial charge in [0, 0.05) is 0 Å². The Hall–Kier alpha value is -2.77. The predicted octanol–water partition coefficient (Wildman–Crippen LogP) is 1.63. The largest absolute Gasteiger partial charge is 0.493 e. The minimum absolute atomic E-state index is 0.00509. The van der Waals surface area contributed by atoms with E-state index in [0.717, 1.165) is 0 Å². The van der Waals surface area contributed by atoms with Gasteiger partial charge in [0.15, 0.2) is 11.5 Å². The summed E-state index contributed by atoms with van der Waals surface area (Å²) in [6, 6.07) is 4.22. The zero-order valence-corrected chi connectivity index (χ0v) is 15.6. The van der Waals surface area contributed by atoms with Gasteiger partial charge < -0.3 is 23.7 Å². The number of hydrogen-bond donors (Lipinski definition) is 0. The number of carbonyl (C=O) groups excluding carboxylic acids is 3. The maximum Gasteiger partial charge on any atom is 0.339 e. The van der Waals surface area contributed by atoms with Crippen LogP contribution in [-0.2, 0) is 34.0 Å². The minimum Gasteiger partial charge on any atom is -0.493 e. The molecule has 0 heterocycles. The zero-order chi connectivity index (χ0) is 19.7. The third-order valence-electron chi connectivity index (χ3n) is 3.56. The first kappa shape index (κ1) is 21.3. The van der Waals surface area contributed by atoms with Gasteiger partial charge in [-0.1, -0.05) is 6.07 Å². The SMILES string of the molecule is CCOC(=O)C(C(=O)OCC)(C(=O)OCC)c1ccc(OC)c(OC)c1. The summed E-state index contributed by atoms with van der Waals surface area (Å²) in [6.45, 7) is 4.58. The van der Waals surface area contributed by atoms with E-state index in [4.69, 9.17) is 23.7 Å². The number of rotatable bonds is 9. The smallest absolute Gasteiger partial charge is 0.339 e. The molecule has 26 heavy (non-hydrogen) atoms. The van der Waals surface area contributed by atoms with Gasteiger partial charge >= 0.3 is 17.9 Å². The number of ether oxygens (including phenoxy) is 5. The molecule has 144 valence electrons. The van der Waals surface area contributed by atoms with Crippen molar-refractivity contribution in [1.29, 1.82) is 0 Å². The van der Waals surface area contributed by atoms with Gasteiger partial charge in [-0.2, -0.15) is 0 Å². The Morgan fingerprint density at radius 3 is 1.54 bits per heavy atom. The zero-order valence-electron chi connectivity index (χ0n) is 15.6. The van der Waals surface area contributed by atoms with Gasteiger partial charge in [-0.15, -0.1) is 0 Å². The van der Waals surface area contributed by atoms with Gasteiger partial charge in [0.05, 0.1) is 34.0 Å². The maximum atomic E-state index is 12.8. The van der Waals surface area contributed by atoms with Crippen molar-refractivity contribution in [2.24, 2.45) is 0 Å². The van der Waals surface area contributed by atoms with Crippen LogP contribution in [0.15, 0.2) is 18.2 Å². The van der Waals surface area contributed by atoms with E-state index in [1.165, 1.54) is 32.4 Å². The molecule has 8 heteroatoms. The molecule has 0 fully saturated rings. The highest BCUT2D eigenvalue weighted by atomic mass is 16.6. The molecule has 0 amide bonds. The van der Waals surface area contributed by atoms with E-state index in [9.17, 15) is 14.4 Å². The van der Waals surface area contributed by atoms with Crippen molar-refractivity contribution in [2.45, 2.75) is 26.2 Å². The summed E-state index contributed by atoms with van der Waals surface area (Å²) in [6.07, 6.45) is 0. The fraction of sp³-hybridized carbons (Fsp3) is 0.500. The number of methoxy groups -OCH3 is 2. The summed E-state index contributed by atoms with van der Waals surface area (Å²) in [7, 11) is 2.83. The highest BCUT2D eigenvalue weighted by molar-refractivity contribution is 6.24. The standard InChI is InChI=1S/C18H24O8/c1-6-24-15(19)18(16(20)25-7-2,17(21)26-8-3)12-9-10-13(22-4)14(11-12)23-5/h9-11H,6-8H2,1-5H3. The molecule has 1 rings (SSSR count). The van der Waals surface area contributed by atoms with E-state index in [1.54, 1.807) is 20.8 Å². The van der Waals surface area contributed by atoms with E-state index in [0.29, 0.717) is 5.75 Å². The summed E-state index contributed by atoms with van der Waals surface area (Å²) in [5, 5.41) is 0. The molecule has 0 aromatic heterocycles. The lowest BCUT2D eigenvalue weighted by atomic mass is 9.80. The van der Waals surface area contributed by atoms with Gasteiger partial charge in [0.1, 0.15) is 0 Å². The van der Waals surface area contributed by atoms with Crippen molar-refractivity contribution in [3.05, 3.63) is 23.8 Å². The van der Waals surface area contributed by atoms with Crippen LogP contribution in [0.5, 0.6) is 11.5 Å². The van der Waals surface area contributed by atoms with Crippen molar-refractivity contribution in [1.82, 2.24) is 0 Å². The molecule has 0 atom stereocenters. The topological polar surface area (TPSA) is 97.4 Å². The quantitative estimate of drug-likeness (QED) is 0.369. The molecule has 0 spiro atoms. The van der Waals surface area contributed by atoms with Crippen LogP contribution in [-0.4, -0.2) is 51.9 Å². The molecule has 0 saturated carbocycles. The first-order chi connectivity index (χ1) is 12.4. The third-order valence-corrected chi connectivity index (χ3v) is 3.56. The molecule has 0 aliphatic heterocycles. The Labute approximate surface area is 152 Å². The molecule has 1 aromatic rings. The van der Waals surface area contributed by atoms with E-state index in [-0.39, 0.29) is 31.1 Å². The monoisotopic (exact) mass is 368 g/mol. The highest BCUT2D eigenvalue weighted by Crippen LogP contribution is 2.36. The summed E-state index contributed by atoms with van der Waals surface area (Å²) in [5.41, 5.74) is -2.41. The van der Waals surface area contributed by atoms with Gasteiger partial charge in [0.2, 0.25) is 0 Å². The van der Waals surface area contributed by atoms with E-state index >= 15 is 0 Å². The normalized spacial score (nSPS) is 10.7. The highest BCUT2D eigenvalue weighted by Gasteiger charge is 2.59. The average molecular weight is 368 g/mol. The molecular weight excluding hydrogens is 344 g/mol. The Morgan fingerprint density at radius 1 is 0.769 bits per heavy atom. The van der Waals surface area contributed by atoms with E-state index in [2.05, 4.69) is 0 Å². The van der Waals surface area contributed by atoms with E-state index in [1.807, 2.05) is 0 Å². The Bertz CT molecular complexity index is 607. The summed E-state index contributed by atoms with van der Waals surface area (Å²) in [4.78, 5) is 38.3.